The maximum absolute atomic E-state index is 11.6. The highest BCUT2D eigenvalue weighted by Gasteiger charge is 2.44. The van der Waals surface area contributed by atoms with Gasteiger partial charge >= 0.3 is 0 Å². The van der Waals surface area contributed by atoms with Gasteiger partial charge in [0.1, 0.15) is 0 Å². The molecule has 2 atom stereocenters. The number of likely N-dealkylation sites (N-methyl/N-ethyl adjacent to an activating group) is 1. The summed E-state index contributed by atoms with van der Waals surface area (Å²) in [6, 6.07) is 0.430. The maximum Gasteiger partial charge on any atom is 0.219 e. The number of rotatable bonds is 6. The smallest absolute Gasteiger partial charge is 0.219 e. The van der Waals surface area contributed by atoms with Gasteiger partial charge in [0.15, 0.2) is 0 Å². The minimum Gasteiger partial charge on any atom is -0.353 e. The zero-order chi connectivity index (χ0) is 17.0. The Morgan fingerprint density at radius 1 is 1.00 bits per heavy atom. The molecule has 2 heterocycles. The summed E-state index contributed by atoms with van der Waals surface area (Å²) in [5.41, 5.74) is 0.493. The third-order valence-corrected chi connectivity index (χ3v) is 6.55. The standard InChI is InChI=1S/C19H36N4O/c1-3-18(24)20-17-5-6-19(15-17)7-8-23(16-19)14-13-22-11-9-21(4-2)10-12-22/h17H,3-16H2,1-2H3,(H,20,24). The number of piperazine rings is 1. The molecule has 2 aliphatic heterocycles. The molecule has 0 bridgehead atoms. The van der Waals surface area contributed by atoms with Crippen molar-refractivity contribution >= 4 is 5.91 Å². The summed E-state index contributed by atoms with van der Waals surface area (Å²) in [7, 11) is 0. The average molecular weight is 337 g/mol. The minimum absolute atomic E-state index is 0.220. The second-order valence-electron chi connectivity index (χ2n) is 8.16. The van der Waals surface area contributed by atoms with Gasteiger partial charge in [-0.2, -0.15) is 0 Å². The van der Waals surface area contributed by atoms with Crippen LogP contribution in [0.2, 0.25) is 0 Å². The lowest BCUT2D eigenvalue weighted by Gasteiger charge is -2.35. The van der Waals surface area contributed by atoms with E-state index < -0.39 is 0 Å². The largest absolute Gasteiger partial charge is 0.353 e. The Labute approximate surface area is 147 Å². The lowest BCUT2D eigenvalue weighted by molar-refractivity contribution is -0.121. The molecule has 3 aliphatic rings. The second-order valence-corrected chi connectivity index (χ2v) is 8.16. The molecule has 2 unspecified atom stereocenters. The van der Waals surface area contributed by atoms with Crippen molar-refractivity contribution in [3.8, 4) is 0 Å². The number of carbonyl (C=O) groups is 1. The molecule has 2 saturated heterocycles. The highest BCUT2D eigenvalue weighted by atomic mass is 16.1. The van der Waals surface area contributed by atoms with Crippen LogP contribution in [0.4, 0.5) is 0 Å². The summed E-state index contributed by atoms with van der Waals surface area (Å²) in [6.45, 7) is 15.3. The van der Waals surface area contributed by atoms with Crippen molar-refractivity contribution in [3.63, 3.8) is 0 Å². The molecule has 1 spiro atoms. The van der Waals surface area contributed by atoms with Crippen molar-refractivity contribution in [2.24, 2.45) is 5.41 Å². The van der Waals surface area contributed by atoms with Crippen LogP contribution in [-0.4, -0.2) is 85.6 Å². The first-order valence-electron chi connectivity index (χ1n) is 10.1. The second kappa shape index (κ2) is 8.15. The molecular weight excluding hydrogens is 300 g/mol. The van der Waals surface area contributed by atoms with E-state index in [1.54, 1.807) is 0 Å². The molecule has 24 heavy (non-hydrogen) atoms. The fraction of sp³-hybridized carbons (Fsp3) is 0.947. The molecule has 1 amide bonds. The first-order chi connectivity index (χ1) is 11.6. The first kappa shape index (κ1) is 18.2. The van der Waals surface area contributed by atoms with Gasteiger partial charge in [-0.15, -0.1) is 0 Å². The van der Waals surface area contributed by atoms with E-state index in [-0.39, 0.29) is 5.91 Å². The van der Waals surface area contributed by atoms with Crippen molar-refractivity contribution in [3.05, 3.63) is 0 Å². The Hall–Kier alpha value is -0.650. The molecule has 5 heteroatoms. The van der Waals surface area contributed by atoms with Gasteiger partial charge in [0, 0.05) is 58.3 Å². The minimum atomic E-state index is 0.220. The summed E-state index contributed by atoms with van der Waals surface area (Å²) in [4.78, 5) is 19.5. The maximum atomic E-state index is 11.6. The number of nitrogens with one attached hydrogen (secondary N) is 1. The van der Waals surface area contributed by atoms with Gasteiger partial charge in [0.05, 0.1) is 0 Å². The van der Waals surface area contributed by atoms with Crippen LogP contribution >= 0.6 is 0 Å². The SMILES string of the molecule is CCC(=O)NC1CCC2(CCN(CCN3CCN(CC)CC3)C2)C1. The highest BCUT2D eigenvalue weighted by Crippen LogP contribution is 2.45. The Bertz CT molecular complexity index is 422. The van der Waals surface area contributed by atoms with Gasteiger partial charge in [0.25, 0.3) is 0 Å². The van der Waals surface area contributed by atoms with Crippen molar-refractivity contribution in [1.82, 2.24) is 20.0 Å². The lowest BCUT2D eigenvalue weighted by atomic mass is 9.85. The summed E-state index contributed by atoms with van der Waals surface area (Å²) in [6.07, 6.45) is 5.62. The van der Waals surface area contributed by atoms with Crippen LogP contribution in [0.3, 0.4) is 0 Å². The number of nitrogens with zero attached hydrogens (tertiary/aromatic N) is 3. The van der Waals surface area contributed by atoms with Gasteiger partial charge in [-0.05, 0) is 44.2 Å². The number of amides is 1. The Morgan fingerprint density at radius 2 is 1.71 bits per heavy atom. The molecule has 0 aromatic rings. The van der Waals surface area contributed by atoms with Crippen LogP contribution < -0.4 is 5.32 Å². The summed E-state index contributed by atoms with van der Waals surface area (Å²) in [5.74, 6) is 0.220. The van der Waals surface area contributed by atoms with Crippen LogP contribution in [-0.2, 0) is 4.79 Å². The number of hydrogen-bond acceptors (Lipinski definition) is 4. The van der Waals surface area contributed by atoms with Crippen LogP contribution in [0, 0.1) is 5.41 Å². The average Bonchev–Trinajstić information content (AvgIpc) is 3.20. The van der Waals surface area contributed by atoms with Crippen molar-refractivity contribution in [2.45, 2.75) is 52.0 Å². The molecular formula is C19H36N4O. The van der Waals surface area contributed by atoms with Crippen LogP contribution in [0.1, 0.15) is 46.0 Å². The van der Waals surface area contributed by atoms with Crippen LogP contribution in [0.5, 0.6) is 0 Å². The summed E-state index contributed by atoms with van der Waals surface area (Å²) in [5, 5.41) is 3.22. The molecule has 3 rings (SSSR count). The van der Waals surface area contributed by atoms with Gasteiger partial charge in [0.2, 0.25) is 5.91 Å². The molecule has 5 nitrogen and oxygen atoms in total. The Kier molecular flexibility index (Phi) is 6.17. The molecule has 0 aromatic carbocycles. The highest BCUT2D eigenvalue weighted by molar-refractivity contribution is 5.75. The predicted octanol–water partition coefficient (Wildman–Crippen LogP) is 1.39. The summed E-state index contributed by atoms with van der Waals surface area (Å²) < 4.78 is 0. The van der Waals surface area contributed by atoms with E-state index in [9.17, 15) is 4.79 Å². The van der Waals surface area contributed by atoms with Gasteiger partial charge < -0.3 is 15.1 Å². The number of carbonyl (C=O) groups excluding carboxylic acids is 1. The molecule has 0 aromatic heterocycles. The van der Waals surface area contributed by atoms with E-state index >= 15 is 0 Å². The van der Waals surface area contributed by atoms with Gasteiger partial charge in [-0.3, -0.25) is 9.69 Å². The third kappa shape index (κ3) is 4.50. The van der Waals surface area contributed by atoms with E-state index in [0.717, 1.165) is 0 Å². The van der Waals surface area contributed by atoms with Crippen molar-refractivity contribution < 1.29 is 4.79 Å². The zero-order valence-corrected chi connectivity index (χ0v) is 15.7. The molecule has 1 aliphatic carbocycles. The normalized spacial score (nSPS) is 32.7. The van der Waals surface area contributed by atoms with Gasteiger partial charge in [-0.1, -0.05) is 13.8 Å². The molecule has 138 valence electrons. The molecule has 0 radical (unpaired) electrons. The zero-order valence-electron chi connectivity index (χ0n) is 15.7. The molecule has 1 saturated carbocycles. The van der Waals surface area contributed by atoms with Gasteiger partial charge in [-0.25, -0.2) is 0 Å². The van der Waals surface area contributed by atoms with E-state index in [4.69, 9.17) is 0 Å². The first-order valence-corrected chi connectivity index (χ1v) is 10.1. The molecule has 1 N–H and O–H groups in total. The lowest BCUT2D eigenvalue weighted by Crippen LogP contribution is -2.48. The fourth-order valence-corrected chi connectivity index (χ4v) is 4.86. The van der Waals surface area contributed by atoms with Crippen LogP contribution in [0.25, 0.3) is 0 Å². The van der Waals surface area contributed by atoms with E-state index in [2.05, 4.69) is 26.9 Å². The monoisotopic (exact) mass is 336 g/mol. The Balaban J connectivity index is 1.38. The quantitative estimate of drug-likeness (QED) is 0.796. The van der Waals surface area contributed by atoms with Crippen molar-refractivity contribution in [2.75, 3.05) is 58.9 Å². The predicted molar refractivity (Wildman–Crippen MR) is 98.1 cm³/mol. The topological polar surface area (TPSA) is 38.8 Å². The summed E-state index contributed by atoms with van der Waals surface area (Å²) >= 11 is 0. The number of likely N-dealkylation sites (tertiary alicyclic amines) is 1. The number of hydrogen-bond donors (Lipinski definition) is 1. The van der Waals surface area contributed by atoms with E-state index in [1.807, 2.05) is 6.92 Å². The Morgan fingerprint density at radius 3 is 2.42 bits per heavy atom. The molecule has 3 fully saturated rings. The van der Waals surface area contributed by atoms with Crippen molar-refractivity contribution in [1.29, 1.82) is 0 Å². The van der Waals surface area contributed by atoms with E-state index in [0.29, 0.717) is 17.9 Å². The van der Waals surface area contributed by atoms with Crippen LogP contribution in [0.15, 0.2) is 0 Å². The third-order valence-electron chi connectivity index (χ3n) is 6.55. The fourth-order valence-electron chi connectivity index (χ4n) is 4.86. The van der Waals surface area contributed by atoms with E-state index in [1.165, 1.54) is 84.6 Å².